The van der Waals surface area contributed by atoms with Crippen molar-refractivity contribution in [2.24, 2.45) is 0 Å². The average molecular weight is 312 g/mol. The average Bonchev–Trinajstić information content (AvgIpc) is 2.39. The van der Waals surface area contributed by atoms with Crippen molar-refractivity contribution >= 4 is 40.1 Å². The van der Waals surface area contributed by atoms with Gasteiger partial charge in [-0.2, -0.15) is 0 Å². The highest BCUT2D eigenvalue weighted by molar-refractivity contribution is 8.08. The number of halogens is 2. The van der Waals surface area contributed by atoms with Crippen LogP contribution in [0, 0.1) is 6.92 Å². The number of anilines is 1. The molecular formula is C15H16Cl2NP. The van der Waals surface area contributed by atoms with Crippen LogP contribution in [0.3, 0.4) is 0 Å². The van der Waals surface area contributed by atoms with E-state index in [0.717, 1.165) is 11.8 Å². The number of benzene rings is 2. The summed E-state index contributed by atoms with van der Waals surface area (Å²) in [6, 6.07) is 16.6. The van der Waals surface area contributed by atoms with Gasteiger partial charge in [-0.05, 0) is 24.6 Å². The van der Waals surface area contributed by atoms with Gasteiger partial charge in [-0.15, -0.1) is 0 Å². The van der Waals surface area contributed by atoms with E-state index in [0.29, 0.717) is 0 Å². The standard InChI is InChI=1S/C15H16Cl2NP/c1-12-8-9-15(19(16)17)13(10-12)11-18(2)14-6-4-3-5-7-14/h3-10H,11H2,1-2H3. The van der Waals surface area contributed by atoms with Gasteiger partial charge in [0.15, 0.2) is 0 Å². The second-order valence-corrected chi connectivity index (χ2v) is 8.05. The van der Waals surface area contributed by atoms with Crippen molar-refractivity contribution in [1.82, 2.24) is 0 Å². The number of para-hydroxylation sites is 1. The number of hydrogen-bond donors (Lipinski definition) is 0. The monoisotopic (exact) mass is 311 g/mol. The minimum absolute atomic E-state index is 0.805. The lowest BCUT2D eigenvalue weighted by Crippen LogP contribution is -2.20. The number of hydrogen-bond acceptors (Lipinski definition) is 1. The van der Waals surface area contributed by atoms with Crippen molar-refractivity contribution in [2.45, 2.75) is 13.5 Å². The molecule has 0 heterocycles. The van der Waals surface area contributed by atoms with Gasteiger partial charge in [-0.25, -0.2) is 0 Å². The van der Waals surface area contributed by atoms with E-state index in [2.05, 4.69) is 43.1 Å². The summed E-state index contributed by atoms with van der Waals surface area (Å²) in [5.74, 6) is 0. The molecule has 0 aliphatic carbocycles. The first-order chi connectivity index (χ1) is 9.08. The van der Waals surface area contributed by atoms with Crippen molar-refractivity contribution in [3.63, 3.8) is 0 Å². The molecule has 0 aliphatic heterocycles. The van der Waals surface area contributed by atoms with Gasteiger partial charge >= 0.3 is 0 Å². The maximum absolute atomic E-state index is 6.10. The first-order valence-electron chi connectivity index (χ1n) is 6.05. The lowest BCUT2D eigenvalue weighted by atomic mass is 10.1. The van der Waals surface area contributed by atoms with Gasteiger partial charge in [0.1, 0.15) is 6.63 Å². The Hall–Kier alpha value is -0.750. The molecule has 0 fully saturated rings. The van der Waals surface area contributed by atoms with E-state index in [9.17, 15) is 0 Å². The van der Waals surface area contributed by atoms with E-state index < -0.39 is 6.63 Å². The van der Waals surface area contributed by atoms with Crippen molar-refractivity contribution in [3.05, 3.63) is 59.7 Å². The topological polar surface area (TPSA) is 3.24 Å². The minimum Gasteiger partial charge on any atom is -0.370 e. The molecular weight excluding hydrogens is 296 g/mol. The summed E-state index contributed by atoms with van der Waals surface area (Å²) in [6.07, 6.45) is 0. The van der Waals surface area contributed by atoms with Crippen molar-refractivity contribution in [2.75, 3.05) is 11.9 Å². The van der Waals surface area contributed by atoms with Crippen LogP contribution in [0.5, 0.6) is 0 Å². The molecule has 0 bridgehead atoms. The van der Waals surface area contributed by atoms with Gasteiger partial charge in [0.25, 0.3) is 0 Å². The van der Waals surface area contributed by atoms with E-state index in [-0.39, 0.29) is 0 Å². The van der Waals surface area contributed by atoms with Crippen molar-refractivity contribution < 1.29 is 0 Å². The third-order valence-electron chi connectivity index (χ3n) is 3.02. The molecule has 2 aromatic carbocycles. The van der Waals surface area contributed by atoms with Crippen LogP contribution in [0.15, 0.2) is 48.5 Å². The summed E-state index contributed by atoms with van der Waals surface area (Å²) in [5, 5.41) is 1.05. The molecule has 2 aromatic rings. The molecule has 2 rings (SSSR count). The number of rotatable bonds is 4. The zero-order valence-corrected chi connectivity index (χ0v) is 13.4. The number of aryl methyl sites for hydroxylation is 1. The van der Waals surface area contributed by atoms with Gasteiger partial charge in [0, 0.05) is 24.6 Å². The summed E-state index contributed by atoms with van der Waals surface area (Å²) in [6.45, 7) is 1.78. The lowest BCUT2D eigenvalue weighted by Gasteiger charge is -2.21. The molecule has 19 heavy (non-hydrogen) atoms. The van der Waals surface area contributed by atoms with Crippen LogP contribution in [0.1, 0.15) is 11.1 Å². The van der Waals surface area contributed by atoms with Crippen molar-refractivity contribution in [1.29, 1.82) is 0 Å². The second kappa shape index (κ2) is 6.61. The molecule has 100 valence electrons. The van der Waals surface area contributed by atoms with Crippen LogP contribution in [0.4, 0.5) is 5.69 Å². The Morgan fingerprint density at radius 1 is 1.05 bits per heavy atom. The molecule has 0 aromatic heterocycles. The molecule has 4 heteroatoms. The van der Waals surface area contributed by atoms with E-state index in [1.54, 1.807) is 0 Å². The fourth-order valence-corrected chi connectivity index (χ4v) is 3.56. The molecule has 0 N–H and O–H groups in total. The summed E-state index contributed by atoms with van der Waals surface area (Å²) < 4.78 is 0. The minimum atomic E-state index is -1.11. The Kier molecular flexibility index (Phi) is 5.10. The maximum Gasteiger partial charge on any atom is 0.117 e. The van der Waals surface area contributed by atoms with Gasteiger partial charge < -0.3 is 4.90 Å². The molecule has 0 aliphatic rings. The number of nitrogens with zero attached hydrogens (tertiary/aromatic N) is 1. The van der Waals surface area contributed by atoms with Crippen LogP contribution in [-0.2, 0) is 6.54 Å². The fraction of sp³-hybridized carbons (Fsp3) is 0.200. The predicted molar refractivity (Wildman–Crippen MR) is 88.0 cm³/mol. The third-order valence-corrected chi connectivity index (χ3v) is 4.91. The maximum atomic E-state index is 6.10. The molecule has 0 unspecified atom stereocenters. The van der Waals surface area contributed by atoms with Crippen LogP contribution in [0.2, 0.25) is 0 Å². The summed E-state index contributed by atoms with van der Waals surface area (Å²) >= 11 is 12.2. The van der Waals surface area contributed by atoms with Gasteiger partial charge in [0.2, 0.25) is 0 Å². The Balaban J connectivity index is 2.25. The van der Waals surface area contributed by atoms with Gasteiger partial charge in [-0.1, -0.05) is 64.4 Å². The highest BCUT2D eigenvalue weighted by atomic mass is 35.9. The molecule has 0 amide bonds. The zero-order valence-electron chi connectivity index (χ0n) is 11.0. The highest BCUT2D eigenvalue weighted by Crippen LogP contribution is 2.46. The lowest BCUT2D eigenvalue weighted by molar-refractivity contribution is 0.927. The first-order valence-corrected chi connectivity index (χ1v) is 9.20. The Morgan fingerprint density at radius 3 is 2.37 bits per heavy atom. The summed E-state index contributed by atoms with van der Waals surface area (Å²) in [5.41, 5.74) is 3.61. The van der Waals surface area contributed by atoms with Crippen LogP contribution < -0.4 is 10.2 Å². The SMILES string of the molecule is Cc1ccc(P(Cl)Cl)c(CN(C)c2ccccc2)c1. The molecule has 0 spiro atoms. The first kappa shape index (κ1) is 14.7. The Morgan fingerprint density at radius 2 is 1.74 bits per heavy atom. The van der Waals surface area contributed by atoms with E-state index in [1.807, 2.05) is 24.3 Å². The molecule has 0 saturated carbocycles. The van der Waals surface area contributed by atoms with Crippen LogP contribution >= 0.6 is 29.1 Å². The summed E-state index contributed by atoms with van der Waals surface area (Å²) in [4.78, 5) is 2.20. The summed E-state index contributed by atoms with van der Waals surface area (Å²) in [7, 11) is 2.08. The Labute approximate surface area is 125 Å². The molecule has 0 atom stereocenters. The Bertz CT molecular complexity index is 543. The third kappa shape index (κ3) is 3.86. The van der Waals surface area contributed by atoms with E-state index in [4.69, 9.17) is 22.5 Å². The largest absolute Gasteiger partial charge is 0.370 e. The second-order valence-electron chi connectivity index (χ2n) is 4.56. The highest BCUT2D eigenvalue weighted by Gasteiger charge is 2.12. The van der Waals surface area contributed by atoms with Gasteiger partial charge in [0.05, 0.1) is 0 Å². The van der Waals surface area contributed by atoms with Crippen LogP contribution in [-0.4, -0.2) is 7.05 Å². The van der Waals surface area contributed by atoms with Crippen LogP contribution in [0.25, 0.3) is 0 Å². The molecule has 0 radical (unpaired) electrons. The molecule has 0 saturated heterocycles. The fourth-order valence-electron chi connectivity index (χ4n) is 2.04. The van der Waals surface area contributed by atoms with Crippen molar-refractivity contribution in [3.8, 4) is 0 Å². The zero-order chi connectivity index (χ0) is 13.8. The van der Waals surface area contributed by atoms with E-state index >= 15 is 0 Å². The van der Waals surface area contributed by atoms with Gasteiger partial charge in [-0.3, -0.25) is 0 Å². The predicted octanol–water partition coefficient (Wildman–Crippen LogP) is 5.05. The molecule has 1 nitrogen and oxygen atoms in total. The normalized spacial score (nSPS) is 10.8. The smallest absolute Gasteiger partial charge is 0.117 e. The quantitative estimate of drug-likeness (QED) is 0.714. The van der Waals surface area contributed by atoms with E-state index in [1.165, 1.54) is 16.8 Å².